The molecular formula is C16H19F3N2O3. The van der Waals surface area contributed by atoms with Crippen molar-refractivity contribution in [3.63, 3.8) is 0 Å². The predicted octanol–water partition coefficient (Wildman–Crippen LogP) is 1.95. The first-order chi connectivity index (χ1) is 11.1. The summed E-state index contributed by atoms with van der Waals surface area (Å²) in [7, 11) is 0. The second kappa shape index (κ2) is 6.80. The van der Waals surface area contributed by atoms with Crippen LogP contribution in [-0.4, -0.2) is 25.0 Å². The van der Waals surface area contributed by atoms with Crippen LogP contribution in [0.4, 0.5) is 13.2 Å². The van der Waals surface area contributed by atoms with Gasteiger partial charge >= 0.3 is 6.18 Å². The Labute approximate surface area is 137 Å². The van der Waals surface area contributed by atoms with E-state index in [4.69, 9.17) is 10.5 Å². The van der Waals surface area contributed by atoms with Crippen molar-refractivity contribution in [3.8, 4) is 0 Å². The van der Waals surface area contributed by atoms with Crippen LogP contribution in [0.5, 0.6) is 0 Å². The van der Waals surface area contributed by atoms with Gasteiger partial charge in [0, 0.05) is 6.61 Å². The molecule has 132 valence electrons. The van der Waals surface area contributed by atoms with Crippen molar-refractivity contribution in [2.24, 2.45) is 11.7 Å². The van der Waals surface area contributed by atoms with Gasteiger partial charge in [-0.15, -0.1) is 0 Å². The van der Waals surface area contributed by atoms with Gasteiger partial charge in [0.2, 0.25) is 11.8 Å². The number of rotatable bonds is 4. The fraction of sp³-hybridized carbons (Fsp3) is 0.500. The highest BCUT2D eigenvalue weighted by Gasteiger charge is 2.39. The molecule has 0 aromatic heterocycles. The summed E-state index contributed by atoms with van der Waals surface area (Å²) < 4.78 is 43.9. The average Bonchev–Trinajstić information content (AvgIpc) is 2.54. The second-order valence-electron chi connectivity index (χ2n) is 5.97. The molecule has 1 fully saturated rings. The van der Waals surface area contributed by atoms with Crippen LogP contribution in [0.15, 0.2) is 24.3 Å². The van der Waals surface area contributed by atoms with Crippen LogP contribution in [0.2, 0.25) is 0 Å². The number of halogens is 3. The Bertz CT molecular complexity index is 627. The fourth-order valence-electron chi connectivity index (χ4n) is 2.58. The van der Waals surface area contributed by atoms with E-state index in [1.165, 1.54) is 19.1 Å². The molecule has 2 amide bonds. The van der Waals surface area contributed by atoms with Crippen LogP contribution in [0.25, 0.3) is 0 Å². The number of carbonyl (C=O) groups is 2. The number of nitrogens with one attached hydrogen (secondary N) is 1. The van der Waals surface area contributed by atoms with E-state index in [1.807, 2.05) is 0 Å². The Morgan fingerprint density at radius 1 is 1.29 bits per heavy atom. The minimum Gasteiger partial charge on any atom is -0.381 e. The van der Waals surface area contributed by atoms with Crippen molar-refractivity contribution in [1.29, 1.82) is 0 Å². The third-order valence-corrected chi connectivity index (χ3v) is 4.16. The third-order valence-electron chi connectivity index (χ3n) is 4.16. The van der Waals surface area contributed by atoms with Gasteiger partial charge in [-0.25, -0.2) is 0 Å². The summed E-state index contributed by atoms with van der Waals surface area (Å²) in [4.78, 5) is 24.2. The number of amides is 2. The van der Waals surface area contributed by atoms with Crippen molar-refractivity contribution < 1.29 is 27.5 Å². The van der Waals surface area contributed by atoms with Gasteiger partial charge in [0.1, 0.15) is 5.54 Å². The van der Waals surface area contributed by atoms with Gasteiger partial charge in [0.15, 0.2) is 0 Å². The molecule has 1 aliphatic rings. The molecule has 24 heavy (non-hydrogen) atoms. The Hall–Kier alpha value is -2.09. The van der Waals surface area contributed by atoms with Gasteiger partial charge in [-0.2, -0.15) is 13.2 Å². The topological polar surface area (TPSA) is 81.4 Å². The molecule has 1 aromatic carbocycles. The maximum atomic E-state index is 12.9. The molecule has 0 aliphatic carbocycles. The number of hydrogen-bond acceptors (Lipinski definition) is 3. The lowest BCUT2D eigenvalue weighted by atomic mass is 9.88. The van der Waals surface area contributed by atoms with E-state index in [-0.39, 0.29) is 12.2 Å². The molecule has 0 radical (unpaired) electrons. The zero-order valence-corrected chi connectivity index (χ0v) is 13.2. The number of ether oxygens (including phenoxy) is 1. The zero-order valence-electron chi connectivity index (χ0n) is 13.2. The number of benzene rings is 1. The van der Waals surface area contributed by atoms with Crippen LogP contribution in [0, 0.1) is 5.92 Å². The van der Waals surface area contributed by atoms with E-state index >= 15 is 0 Å². The minimum atomic E-state index is -4.56. The van der Waals surface area contributed by atoms with Crippen molar-refractivity contribution in [2.45, 2.75) is 31.5 Å². The first-order valence-electron chi connectivity index (χ1n) is 7.52. The predicted molar refractivity (Wildman–Crippen MR) is 79.7 cm³/mol. The highest BCUT2D eigenvalue weighted by molar-refractivity contribution is 5.92. The summed E-state index contributed by atoms with van der Waals surface area (Å²) in [5.41, 5.74) is 2.70. The highest BCUT2D eigenvalue weighted by atomic mass is 19.4. The molecule has 1 aromatic rings. The van der Waals surface area contributed by atoms with Crippen LogP contribution >= 0.6 is 0 Å². The molecule has 1 aliphatic heterocycles. The second-order valence-corrected chi connectivity index (χ2v) is 5.97. The Balaban J connectivity index is 2.30. The van der Waals surface area contributed by atoms with Crippen LogP contribution in [-0.2, 0) is 26.0 Å². The van der Waals surface area contributed by atoms with E-state index in [1.54, 1.807) is 0 Å². The normalized spacial score (nSPS) is 20.9. The highest BCUT2D eigenvalue weighted by Crippen LogP contribution is 2.32. The lowest BCUT2D eigenvalue weighted by Crippen LogP contribution is -2.55. The smallest absolute Gasteiger partial charge is 0.381 e. The first kappa shape index (κ1) is 18.3. The monoisotopic (exact) mass is 344 g/mol. The average molecular weight is 344 g/mol. The molecule has 2 atom stereocenters. The SMILES string of the molecule is C[C@](NC(=O)[C@@H]1CCCOC1)(C(N)=O)c1cccc(C(F)(F)F)c1. The first-order valence-corrected chi connectivity index (χ1v) is 7.52. The van der Waals surface area contributed by atoms with Crippen molar-refractivity contribution in [1.82, 2.24) is 5.32 Å². The maximum Gasteiger partial charge on any atom is 0.416 e. The molecule has 0 bridgehead atoms. The molecule has 0 spiro atoms. The third kappa shape index (κ3) is 3.87. The van der Waals surface area contributed by atoms with E-state index < -0.39 is 35.0 Å². The molecule has 5 nitrogen and oxygen atoms in total. The number of nitrogens with two attached hydrogens (primary N) is 1. The van der Waals surface area contributed by atoms with Gasteiger partial charge in [-0.1, -0.05) is 12.1 Å². The van der Waals surface area contributed by atoms with Gasteiger partial charge in [-0.05, 0) is 37.5 Å². The number of primary amides is 1. The zero-order chi connectivity index (χ0) is 18.0. The summed E-state index contributed by atoms with van der Waals surface area (Å²) in [5, 5.41) is 2.50. The van der Waals surface area contributed by atoms with E-state index in [0.717, 1.165) is 12.1 Å². The number of alkyl halides is 3. The molecule has 1 saturated heterocycles. The molecule has 1 heterocycles. The van der Waals surface area contributed by atoms with Crippen molar-refractivity contribution >= 4 is 11.8 Å². The minimum absolute atomic E-state index is 0.0186. The molecule has 8 heteroatoms. The fourth-order valence-corrected chi connectivity index (χ4v) is 2.58. The largest absolute Gasteiger partial charge is 0.416 e. The van der Waals surface area contributed by atoms with E-state index in [2.05, 4.69) is 5.32 Å². The molecule has 3 N–H and O–H groups in total. The number of carbonyl (C=O) groups excluding carboxylic acids is 2. The van der Waals surface area contributed by atoms with Gasteiger partial charge < -0.3 is 15.8 Å². The van der Waals surface area contributed by atoms with E-state index in [9.17, 15) is 22.8 Å². The van der Waals surface area contributed by atoms with Crippen LogP contribution in [0.1, 0.15) is 30.9 Å². The Morgan fingerprint density at radius 2 is 1.96 bits per heavy atom. The summed E-state index contributed by atoms with van der Waals surface area (Å²) >= 11 is 0. The van der Waals surface area contributed by atoms with E-state index in [0.29, 0.717) is 19.4 Å². The quantitative estimate of drug-likeness (QED) is 0.876. The van der Waals surface area contributed by atoms with Gasteiger partial charge in [0.05, 0.1) is 18.1 Å². The molecule has 2 rings (SSSR count). The molecular weight excluding hydrogens is 325 g/mol. The Morgan fingerprint density at radius 3 is 2.50 bits per heavy atom. The van der Waals surface area contributed by atoms with Gasteiger partial charge in [0.25, 0.3) is 0 Å². The standard InChI is InChI=1S/C16H19F3N2O3/c1-15(14(20)23,21-13(22)10-4-3-7-24-9-10)11-5-2-6-12(8-11)16(17,18)19/h2,5-6,8,10H,3-4,7,9H2,1H3,(H2,20,23)(H,21,22)/t10-,15-/m1/s1. The summed E-state index contributed by atoms with van der Waals surface area (Å²) in [6, 6.07) is 4.22. The summed E-state index contributed by atoms with van der Waals surface area (Å²) in [5.74, 6) is -1.86. The lowest BCUT2D eigenvalue weighted by molar-refractivity contribution is -0.138. The van der Waals surface area contributed by atoms with Gasteiger partial charge in [-0.3, -0.25) is 9.59 Å². The van der Waals surface area contributed by atoms with Crippen molar-refractivity contribution in [2.75, 3.05) is 13.2 Å². The van der Waals surface area contributed by atoms with Crippen LogP contribution < -0.4 is 11.1 Å². The summed E-state index contributed by atoms with van der Waals surface area (Å²) in [6.07, 6.45) is -3.27. The lowest BCUT2D eigenvalue weighted by Gasteiger charge is -2.31. The number of hydrogen-bond donors (Lipinski definition) is 2. The maximum absolute atomic E-state index is 12.9. The Kier molecular flexibility index (Phi) is 5.17. The molecule has 0 saturated carbocycles. The van der Waals surface area contributed by atoms with Crippen molar-refractivity contribution in [3.05, 3.63) is 35.4 Å². The summed E-state index contributed by atoms with van der Waals surface area (Å²) in [6.45, 7) is 2.07. The molecule has 0 unspecified atom stereocenters. The van der Waals surface area contributed by atoms with Crippen LogP contribution in [0.3, 0.4) is 0 Å².